The molecule has 0 saturated carbocycles. The molecule has 0 aliphatic heterocycles. The lowest BCUT2D eigenvalue weighted by Crippen LogP contribution is -2.20. The van der Waals surface area contributed by atoms with Crippen molar-refractivity contribution in [2.24, 2.45) is 11.7 Å². The summed E-state index contributed by atoms with van der Waals surface area (Å²) in [6.45, 7) is 7.29. The summed E-state index contributed by atoms with van der Waals surface area (Å²) in [7, 11) is 2.04. The maximum Gasteiger partial charge on any atom is 0.122 e. The molecule has 0 amide bonds. The molecule has 0 aromatic heterocycles. The number of anilines is 1. The Morgan fingerprint density at radius 3 is 2.41 bits per heavy atom. The Bertz CT molecular complexity index is 361. The van der Waals surface area contributed by atoms with Crippen LogP contribution in [0.5, 0.6) is 5.75 Å². The van der Waals surface area contributed by atoms with Gasteiger partial charge in [0.15, 0.2) is 0 Å². The Hall–Kier alpha value is -1.22. The number of aromatic hydroxyl groups is 1. The van der Waals surface area contributed by atoms with Gasteiger partial charge in [-0.05, 0) is 25.3 Å². The molecule has 1 aromatic rings. The Kier molecular flexibility index (Phi) is 4.82. The maximum absolute atomic E-state index is 9.88. The molecule has 0 spiro atoms. The van der Waals surface area contributed by atoms with E-state index in [1.54, 1.807) is 6.07 Å². The first-order valence-corrected chi connectivity index (χ1v) is 6.21. The Labute approximate surface area is 104 Å². The van der Waals surface area contributed by atoms with Gasteiger partial charge < -0.3 is 15.7 Å². The molecule has 96 valence electrons. The Morgan fingerprint density at radius 2 is 1.94 bits per heavy atom. The fourth-order valence-corrected chi connectivity index (χ4v) is 1.74. The van der Waals surface area contributed by atoms with Crippen LogP contribution in [0.15, 0.2) is 18.2 Å². The van der Waals surface area contributed by atoms with Crippen molar-refractivity contribution in [3.63, 3.8) is 0 Å². The number of benzene rings is 1. The minimum Gasteiger partial charge on any atom is -0.508 e. The van der Waals surface area contributed by atoms with Crippen LogP contribution in [0.3, 0.4) is 0 Å². The van der Waals surface area contributed by atoms with E-state index in [0.29, 0.717) is 5.92 Å². The fraction of sp³-hybridized carbons (Fsp3) is 0.571. The van der Waals surface area contributed by atoms with E-state index in [1.165, 1.54) is 0 Å². The van der Waals surface area contributed by atoms with Gasteiger partial charge in [0.05, 0.1) is 0 Å². The monoisotopic (exact) mass is 236 g/mol. The summed E-state index contributed by atoms with van der Waals surface area (Å²) >= 11 is 0. The summed E-state index contributed by atoms with van der Waals surface area (Å²) in [6, 6.07) is 5.57. The molecule has 3 nitrogen and oxygen atoms in total. The minimum atomic E-state index is -0.134. The van der Waals surface area contributed by atoms with E-state index in [1.807, 2.05) is 26.1 Å². The summed E-state index contributed by atoms with van der Waals surface area (Å²) in [5, 5.41) is 9.88. The molecule has 0 radical (unpaired) electrons. The second-order valence-corrected chi connectivity index (χ2v) is 5.14. The molecule has 0 heterocycles. The number of nitrogens with zero attached hydrogens (tertiary/aromatic N) is 1. The van der Waals surface area contributed by atoms with Gasteiger partial charge in [0.2, 0.25) is 0 Å². The summed E-state index contributed by atoms with van der Waals surface area (Å²) in [5.41, 5.74) is 7.60. The van der Waals surface area contributed by atoms with Gasteiger partial charge in [-0.2, -0.15) is 0 Å². The predicted molar refractivity (Wildman–Crippen MR) is 73.4 cm³/mol. The number of hydrogen-bond donors (Lipinski definition) is 2. The molecule has 3 N–H and O–H groups in total. The van der Waals surface area contributed by atoms with E-state index >= 15 is 0 Å². The summed E-state index contributed by atoms with van der Waals surface area (Å²) < 4.78 is 0. The van der Waals surface area contributed by atoms with Crippen molar-refractivity contribution in [1.29, 1.82) is 0 Å². The summed E-state index contributed by atoms with van der Waals surface area (Å²) in [5.74, 6) is 0.975. The van der Waals surface area contributed by atoms with Crippen LogP contribution in [0.1, 0.15) is 38.8 Å². The van der Waals surface area contributed by atoms with Crippen LogP contribution in [0, 0.1) is 5.92 Å². The second-order valence-electron chi connectivity index (χ2n) is 5.14. The van der Waals surface area contributed by atoms with Crippen molar-refractivity contribution < 1.29 is 5.11 Å². The van der Waals surface area contributed by atoms with Gasteiger partial charge in [-0.3, -0.25) is 0 Å². The van der Waals surface area contributed by atoms with Crippen LogP contribution in [0.25, 0.3) is 0 Å². The molecule has 1 rings (SSSR count). The zero-order valence-corrected chi connectivity index (χ0v) is 11.3. The zero-order valence-electron chi connectivity index (χ0n) is 11.3. The van der Waals surface area contributed by atoms with Gasteiger partial charge in [0, 0.05) is 37.0 Å². The first kappa shape index (κ1) is 13.8. The molecule has 3 heteroatoms. The van der Waals surface area contributed by atoms with E-state index in [0.717, 1.165) is 24.2 Å². The van der Waals surface area contributed by atoms with Crippen LogP contribution in [-0.2, 0) is 0 Å². The SMILES string of the molecule is CC(C)CCN(C)c1ccc(C(C)N)c(O)c1. The lowest BCUT2D eigenvalue weighted by molar-refractivity contribution is 0.463. The highest BCUT2D eigenvalue weighted by molar-refractivity contribution is 5.53. The zero-order chi connectivity index (χ0) is 13.0. The third-order valence-electron chi connectivity index (χ3n) is 2.99. The molecule has 0 aliphatic carbocycles. The second kappa shape index (κ2) is 5.92. The predicted octanol–water partition coefficient (Wildman–Crippen LogP) is 2.89. The summed E-state index contributed by atoms with van der Waals surface area (Å²) in [4.78, 5) is 2.16. The number of hydrogen-bond acceptors (Lipinski definition) is 3. The molecule has 0 bridgehead atoms. The average Bonchev–Trinajstić information content (AvgIpc) is 2.25. The largest absolute Gasteiger partial charge is 0.508 e. The van der Waals surface area contributed by atoms with Gasteiger partial charge in [-0.1, -0.05) is 19.9 Å². The van der Waals surface area contributed by atoms with E-state index in [9.17, 15) is 5.11 Å². The molecular formula is C14H24N2O. The molecule has 17 heavy (non-hydrogen) atoms. The third kappa shape index (κ3) is 3.93. The van der Waals surface area contributed by atoms with Crippen LogP contribution in [-0.4, -0.2) is 18.7 Å². The van der Waals surface area contributed by atoms with Crippen molar-refractivity contribution >= 4 is 5.69 Å². The normalized spacial score (nSPS) is 12.8. The van der Waals surface area contributed by atoms with E-state index in [2.05, 4.69) is 18.7 Å². The van der Waals surface area contributed by atoms with Gasteiger partial charge in [0.25, 0.3) is 0 Å². The van der Waals surface area contributed by atoms with Gasteiger partial charge in [0.1, 0.15) is 5.75 Å². The number of phenols is 1. The van der Waals surface area contributed by atoms with Crippen molar-refractivity contribution in [3.8, 4) is 5.75 Å². The topological polar surface area (TPSA) is 49.5 Å². The fourth-order valence-electron chi connectivity index (χ4n) is 1.74. The average molecular weight is 236 g/mol. The van der Waals surface area contributed by atoms with Gasteiger partial charge >= 0.3 is 0 Å². The molecule has 1 unspecified atom stereocenters. The molecule has 0 saturated heterocycles. The van der Waals surface area contributed by atoms with Crippen molar-refractivity contribution in [1.82, 2.24) is 0 Å². The highest BCUT2D eigenvalue weighted by atomic mass is 16.3. The number of nitrogens with two attached hydrogens (primary N) is 1. The highest BCUT2D eigenvalue weighted by Crippen LogP contribution is 2.27. The van der Waals surface area contributed by atoms with Gasteiger partial charge in [-0.25, -0.2) is 0 Å². The smallest absolute Gasteiger partial charge is 0.122 e. The van der Waals surface area contributed by atoms with E-state index in [-0.39, 0.29) is 11.8 Å². The first-order chi connectivity index (χ1) is 7.91. The lowest BCUT2D eigenvalue weighted by Gasteiger charge is -2.21. The van der Waals surface area contributed by atoms with Crippen LogP contribution >= 0.6 is 0 Å². The lowest BCUT2D eigenvalue weighted by atomic mass is 10.1. The van der Waals surface area contributed by atoms with Gasteiger partial charge in [-0.15, -0.1) is 0 Å². The van der Waals surface area contributed by atoms with Crippen molar-refractivity contribution in [2.75, 3.05) is 18.5 Å². The van der Waals surface area contributed by atoms with E-state index in [4.69, 9.17) is 5.73 Å². The quantitative estimate of drug-likeness (QED) is 0.826. The van der Waals surface area contributed by atoms with Crippen LogP contribution in [0.2, 0.25) is 0 Å². The van der Waals surface area contributed by atoms with E-state index < -0.39 is 0 Å². The molecule has 1 aromatic carbocycles. The van der Waals surface area contributed by atoms with Crippen LogP contribution < -0.4 is 10.6 Å². The van der Waals surface area contributed by atoms with Crippen molar-refractivity contribution in [3.05, 3.63) is 23.8 Å². The third-order valence-corrected chi connectivity index (χ3v) is 2.99. The Balaban J connectivity index is 2.75. The molecule has 0 aliphatic rings. The highest BCUT2D eigenvalue weighted by Gasteiger charge is 2.09. The minimum absolute atomic E-state index is 0.134. The first-order valence-electron chi connectivity index (χ1n) is 6.21. The molecule has 1 atom stereocenters. The Morgan fingerprint density at radius 1 is 1.29 bits per heavy atom. The summed E-state index contributed by atoms with van der Waals surface area (Å²) in [6.07, 6.45) is 1.15. The standard InChI is InChI=1S/C14H24N2O/c1-10(2)7-8-16(4)12-5-6-13(11(3)15)14(17)9-12/h5-6,9-11,17H,7-8,15H2,1-4H3. The molecular weight excluding hydrogens is 212 g/mol. The van der Waals surface area contributed by atoms with Crippen LogP contribution in [0.4, 0.5) is 5.69 Å². The van der Waals surface area contributed by atoms with Crippen molar-refractivity contribution in [2.45, 2.75) is 33.2 Å². The molecule has 0 fully saturated rings. The number of rotatable bonds is 5. The maximum atomic E-state index is 9.88. The number of phenolic OH excluding ortho intramolecular Hbond substituents is 1.